The monoisotopic (exact) mass is 301 g/mol. The minimum atomic E-state index is 0.0478. The summed E-state index contributed by atoms with van der Waals surface area (Å²) in [6.45, 7) is 0.626. The Labute approximate surface area is 133 Å². The molecule has 23 heavy (non-hydrogen) atoms. The Hall–Kier alpha value is -3.14. The van der Waals surface area contributed by atoms with Gasteiger partial charge in [-0.15, -0.1) is 0 Å². The molecule has 0 saturated carbocycles. The van der Waals surface area contributed by atoms with Crippen molar-refractivity contribution in [3.63, 3.8) is 0 Å². The molecule has 4 aromatic rings. The van der Waals surface area contributed by atoms with Crippen LogP contribution in [-0.2, 0) is 6.54 Å². The van der Waals surface area contributed by atoms with Crippen LogP contribution in [0.3, 0.4) is 0 Å². The van der Waals surface area contributed by atoms with Gasteiger partial charge in [0.15, 0.2) is 5.43 Å². The lowest BCUT2D eigenvalue weighted by Gasteiger charge is -2.08. The summed E-state index contributed by atoms with van der Waals surface area (Å²) < 4.78 is 3.91. The topological polar surface area (TPSA) is 39.8 Å². The van der Waals surface area contributed by atoms with E-state index in [1.807, 2.05) is 77.7 Å². The van der Waals surface area contributed by atoms with Gasteiger partial charge < -0.3 is 4.57 Å². The SMILES string of the molecule is O=c1ccn(Cc2ccn(-c3ccccc3)n2)c2ccccc12. The van der Waals surface area contributed by atoms with E-state index in [4.69, 9.17) is 0 Å². The molecule has 4 heteroatoms. The van der Waals surface area contributed by atoms with Gasteiger partial charge in [0.2, 0.25) is 0 Å². The lowest BCUT2D eigenvalue weighted by molar-refractivity contribution is 0.761. The van der Waals surface area contributed by atoms with Crippen molar-refractivity contribution in [1.29, 1.82) is 0 Å². The summed E-state index contributed by atoms with van der Waals surface area (Å²) in [6, 6.07) is 21.3. The highest BCUT2D eigenvalue weighted by molar-refractivity contribution is 5.78. The molecule has 2 heterocycles. The molecule has 0 spiro atoms. The van der Waals surface area contributed by atoms with Crippen LogP contribution in [0.15, 0.2) is 83.9 Å². The summed E-state index contributed by atoms with van der Waals surface area (Å²) in [6.07, 6.45) is 3.78. The molecule has 0 unspecified atom stereocenters. The molecule has 0 amide bonds. The van der Waals surface area contributed by atoms with Gasteiger partial charge in [-0.3, -0.25) is 4.79 Å². The molecular formula is C19H15N3O. The zero-order chi connectivity index (χ0) is 15.6. The molecule has 0 bridgehead atoms. The van der Waals surface area contributed by atoms with Gasteiger partial charge in [-0.05, 0) is 30.3 Å². The van der Waals surface area contributed by atoms with E-state index in [0.29, 0.717) is 6.54 Å². The van der Waals surface area contributed by atoms with E-state index in [2.05, 4.69) is 9.67 Å². The third-order valence-electron chi connectivity index (χ3n) is 3.88. The Morgan fingerprint density at radius 3 is 2.48 bits per heavy atom. The van der Waals surface area contributed by atoms with Crippen molar-refractivity contribution in [2.24, 2.45) is 0 Å². The van der Waals surface area contributed by atoms with Crippen molar-refractivity contribution >= 4 is 10.9 Å². The lowest BCUT2D eigenvalue weighted by atomic mass is 10.2. The summed E-state index contributed by atoms with van der Waals surface area (Å²) in [4.78, 5) is 11.9. The van der Waals surface area contributed by atoms with Gasteiger partial charge in [0.25, 0.3) is 0 Å². The molecule has 4 nitrogen and oxygen atoms in total. The second kappa shape index (κ2) is 5.57. The van der Waals surface area contributed by atoms with Crippen molar-refractivity contribution in [3.8, 4) is 5.69 Å². The molecule has 0 aliphatic heterocycles. The Kier molecular flexibility index (Phi) is 3.27. The van der Waals surface area contributed by atoms with Crippen LogP contribution in [0.5, 0.6) is 0 Å². The molecule has 0 aliphatic rings. The third kappa shape index (κ3) is 2.55. The first-order valence-electron chi connectivity index (χ1n) is 7.49. The normalized spacial score (nSPS) is 11.0. The van der Waals surface area contributed by atoms with Crippen molar-refractivity contribution < 1.29 is 0 Å². The first-order valence-corrected chi connectivity index (χ1v) is 7.49. The number of rotatable bonds is 3. The van der Waals surface area contributed by atoms with Gasteiger partial charge >= 0.3 is 0 Å². The van der Waals surface area contributed by atoms with Gasteiger partial charge in [0, 0.05) is 23.8 Å². The molecule has 4 rings (SSSR count). The molecule has 0 atom stereocenters. The van der Waals surface area contributed by atoms with E-state index in [-0.39, 0.29) is 5.43 Å². The average Bonchev–Trinajstić information content (AvgIpc) is 3.07. The maximum Gasteiger partial charge on any atom is 0.189 e. The highest BCUT2D eigenvalue weighted by Gasteiger charge is 2.05. The van der Waals surface area contributed by atoms with Crippen LogP contribution in [0.2, 0.25) is 0 Å². The van der Waals surface area contributed by atoms with Crippen LogP contribution in [0.4, 0.5) is 0 Å². The third-order valence-corrected chi connectivity index (χ3v) is 3.88. The van der Waals surface area contributed by atoms with E-state index >= 15 is 0 Å². The molecule has 0 fully saturated rings. The zero-order valence-electron chi connectivity index (χ0n) is 12.5. The van der Waals surface area contributed by atoms with Crippen molar-refractivity contribution in [3.05, 3.63) is 95.0 Å². The zero-order valence-corrected chi connectivity index (χ0v) is 12.5. The fourth-order valence-electron chi connectivity index (χ4n) is 2.74. The quantitative estimate of drug-likeness (QED) is 0.583. The van der Waals surface area contributed by atoms with Gasteiger partial charge in [-0.25, -0.2) is 4.68 Å². The Morgan fingerprint density at radius 2 is 1.61 bits per heavy atom. The molecule has 2 aromatic carbocycles. The predicted molar refractivity (Wildman–Crippen MR) is 90.9 cm³/mol. The summed E-state index contributed by atoms with van der Waals surface area (Å²) >= 11 is 0. The summed E-state index contributed by atoms with van der Waals surface area (Å²) in [5, 5.41) is 5.36. The van der Waals surface area contributed by atoms with Gasteiger partial charge in [0.1, 0.15) is 0 Å². The van der Waals surface area contributed by atoms with Crippen molar-refractivity contribution in [2.45, 2.75) is 6.54 Å². The maximum absolute atomic E-state index is 11.9. The maximum atomic E-state index is 11.9. The van der Waals surface area contributed by atoms with Crippen LogP contribution in [0, 0.1) is 0 Å². The highest BCUT2D eigenvalue weighted by atomic mass is 16.1. The number of benzene rings is 2. The molecular weight excluding hydrogens is 286 g/mol. The molecule has 0 N–H and O–H groups in total. The number of para-hydroxylation sites is 2. The van der Waals surface area contributed by atoms with Gasteiger partial charge in [-0.1, -0.05) is 30.3 Å². The second-order valence-corrected chi connectivity index (χ2v) is 5.41. The minimum Gasteiger partial charge on any atom is -0.341 e. The number of pyridine rings is 1. The predicted octanol–water partition coefficient (Wildman–Crippen LogP) is 3.24. The van der Waals surface area contributed by atoms with E-state index in [1.165, 1.54) is 0 Å². The van der Waals surface area contributed by atoms with Gasteiger partial charge in [0.05, 0.1) is 23.4 Å². The number of fused-ring (bicyclic) bond motifs is 1. The fourth-order valence-corrected chi connectivity index (χ4v) is 2.74. The first kappa shape index (κ1) is 13.5. The van der Waals surface area contributed by atoms with E-state index in [1.54, 1.807) is 6.07 Å². The number of nitrogens with zero attached hydrogens (tertiary/aromatic N) is 3. The number of hydrogen-bond donors (Lipinski definition) is 0. The average molecular weight is 301 g/mol. The van der Waals surface area contributed by atoms with Crippen LogP contribution >= 0.6 is 0 Å². The molecule has 112 valence electrons. The highest BCUT2D eigenvalue weighted by Crippen LogP contribution is 2.12. The summed E-state index contributed by atoms with van der Waals surface area (Å²) in [7, 11) is 0. The smallest absolute Gasteiger partial charge is 0.189 e. The fraction of sp³-hybridized carbons (Fsp3) is 0.0526. The summed E-state index contributed by atoms with van der Waals surface area (Å²) in [5.41, 5.74) is 2.95. The standard InChI is InChI=1S/C19H15N3O/c23-19-11-12-21(18-9-5-4-8-17(18)19)14-15-10-13-22(20-15)16-6-2-1-3-7-16/h1-13H,14H2. The molecule has 0 aliphatic carbocycles. The second-order valence-electron chi connectivity index (χ2n) is 5.41. The van der Waals surface area contributed by atoms with Crippen LogP contribution < -0.4 is 5.43 Å². The summed E-state index contributed by atoms with van der Waals surface area (Å²) in [5.74, 6) is 0. The molecule has 0 radical (unpaired) electrons. The number of hydrogen-bond acceptors (Lipinski definition) is 2. The Morgan fingerprint density at radius 1 is 0.826 bits per heavy atom. The molecule has 0 saturated heterocycles. The lowest BCUT2D eigenvalue weighted by Crippen LogP contribution is -2.09. The van der Waals surface area contributed by atoms with Crippen LogP contribution in [0.25, 0.3) is 16.6 Å². The molecule has 2 aromatic heterocycles. The van der Waals surface area contributed by atoms with E-state index < -0.39 is 0 Å². The van der Waals surface area contributed by atoms with Crippen molar-refractivity contribution in [1.82, 2.24) is 14.3 Å². The van der Waals surface area contributed by atoms with E-state index in [0.717, 1.165) is 22.3 Å². The Balaban J connectivity index is 1.71. The first-order chi connectivity index (χ1) is 11.3. The largest absolute Gasteiger partial charge is 0.341 e. The van der Waals surface area contributed by atoms with Crippen LogP contribution in [0.1, 0.15) is 5.69 Å². The van der Waals surface area contributed by atoms with Crippen molar-refractivity contribution in [2.75, 3.05) is 0 Å². The van der Waals surface area contributed by atoms with Crippen LogP contribution in [-0.4, -0.2) is 14.3 Å². The van der Waals surface area contributed by atoms with E-state index in [9.17, 15) is 4.79 Å². The Bertz CT molecular complexity index is 1020. The number of aromatic nitrogens is 3. The van der Waals surface area contributed by atoms with Gasteiger partial charge in [-0.2, -0.15) is 5.10 Å². The minimum absolute atomic E-state index is 0.0478.